The molecular formula is C13H18. The Kier molecular flexibility index (Phi) is 2.39. The van der Waals surface area contributed by atoms with E-state index >= 15 is 0 Å². The lowest BCUT2D eigenvalue weighted by Gasteiger charge is -2.10. The molecule has 70 valence electrons. The van der Waals surface area contributed by atoms with E-state index in [1.807, 2.05) is 0 Å². The van der Waals surface area contributed by atoms with Gasteiger partial charge in [-0.2, -0.15) is 0 Å². The molecule has 1 atom stereocenters. The standard InChI is InChI=1S/C13H18/c1-3-10(2)12-8-7-11-5-4-6-13(11)9-12/h7-10H,3-6H2,1-2H3. The van der Waals surface area contributed by atoms with E-state index in [1.165, 1.54) is 31.2 Å². The molecule has 0 radical (unpaired) electrons. The first kappa shape index (κ1) is 8.80. The fourth-order valence-corrected chi connectivity index (χ4v) is 2.13. The van der Waals surface area contributed by atoms with Crippen molar-refractivity contribution in [2.24, 2.45) is 0 Å². The first-order valence-electron chi connectivity index (χ1n) is 5.43. The lowest BCUT2D eigenvalue weighted by Crippen LogP contribution is -1.93. The van der Waals surface area contributed by atoms with E-state index in [2.05, 4.69) is 32.0 Å². The van der Waals surface area contributed by atoms with Crippen molar-refractivity contribution in [1.82, 2.24) is 0 Å². The normalized spacial score (nSPS) is 17.1. The van der Waals surface area contributed by atoms with Gasteiger partial charge in [-0.25, -0.2) is 0 Å². The van der Waals surface area contributed by atoms with Crippen LogP contribution in [0.25, 0.3) is 0 Å². The quantitative estimate of drug-likeness (QED) is 0.641. The number of benzene rings is 1. The first-order valence-corrected chi connectivity index (χ1v) is 5.43. The summed E-state index contributed by atoms with van der Waals surface area (Å²) < 4.78 is 0. The molecule has 0 aliphatic heterocycles. The van der Waals surface area contributed by atoms with Crippen molar-refractivity contribution < 1.29 is 0 Å². The van der Waals surface area contributed by atoms with E-state index in [4.69, 9.17) is 0 Å². The zero-order chi connectivity index (χ0) is 9.26. The average molecular weight is 174 g/mol. The third-order valence-corrected chi connectivity index (χ3v) is 3.30. The van der Waals surface area contributed by atoms with Crippen molar-refractivity contribution in [2.75, 3.05) is 0 Å². The fourth-order valence-electron chi connectivity index (χ4n) is 2.13. The Bertz CT molecular complexity index is 299. The molecule has 0 saturated carbocycles. The van der Waals surface area contributed by atoms with Crippen LogP contribution in [0.2, 0.25) is 0 Å². The monoisotopic (exact) mass is 174 g/mol. The molecule has 1 aromatic rings. The van der Waals surface area contributed by atoms with Crippen LogP contribution in [-0.2, 0) is 12.8 Å². The second-order valence-corrected chi connectivity index (χ2v) is 4.19. The lowest BCUT2D eigenvalue weighted by atomic mass is 9.95. The van der Waals surface area contributed by atoms with Crippen molar-refractivity contribution in [3.05, 3.63) is 34.9 Å². The summed E-state index contributed by atoms with van der Waals surface area (Å²) in [7, 11) is 0. The summed E-state index contributed by atoms with van der Waals surface area (Å²) in [5.41, 5.74) is 4.73. The van der Waals surface area contributed by atoms with Crippen LogP contribution >= 0.6 is 0 Å². The van der Waals surface area contributed by atoms with Crippen LogP contribution in [0.4, 0.5) is 0 Å². The lowest BCUT2D eigenvalue weighted by molar-refractivity contribution is 0.732. The zero-order valence-corrected chi connectivity index (χ0v) is 8.64. The van der Waals surface area contributed by atoms with Crippen molar-refractivity contribution in [3.63, 3.8) is 0 Å². The highest BCUT2D eigenvalue weighted by atomic mass is 14.2. The maximum Gasteiger partial charge on any atom is -0.0193 e. The summed E-state index contributed by atoms with van der Waals surface area (Å²) in [5, 5.41) is 0. The van der Waals surface area contributed by atoms with Crippen molar-refractivity contribution in [2.45, 2.75) is 45.4 Å². The van der Waals surface area contributed by atoms with Crippen LogP contribution in [0.5, 0.6) is 0 Å². The number of aryl methyl sites for hydroxylation is 2. The topological polar surface area (TPSA) is 0 Å². The van der Waals surface area contributed by atoms with Gasteiger partial charge in [0.15, 0.2) is 0 Å². The van der Waals surface area contributed by atoms with E-state index in [-0.39, 0.29) is 0 Å². The van der Waals surface area contributed by atoms with Gasteiger partial charge in [-0.05, 0) is 48.3 Å². The summed E-state index contributed by atoms with van der Waals surface area (Å²) in [6.07, 6.45) is 5.22. The highest BCUT2D eigenvalue weighted by Gasteiger charge is 2.12. The number of hydrogen-bond donors (Lipinski definition) is 0. The second kappa shape index (κ2) is 3.53. The molecular weight excluding hydrogens is 156 g/mol. The van der Waals surface area contributed by atoms with Gasteiger partial charge in [0.05, 0.1) is 0 Å². The van der Waals surface area contributed by atoms with Gasteiger partial charge in [0.25, 0.3) is 0 Å². The van der Waals surface area contributed by atoms with Crippen molar-refractivity contribution in [3.8, 4) is 0 Å². The molecule has 1 aliphatic carbocycles. The largest absolute Gasteiger partial charge is 0.0648 e. The molecule has 0 spiro atoms. The molecule has 0 amide bonds. The van der Waals surface area contributed by atoms with Crippen LogP contribution in [0.15, 0.2) is 18.2 Å². The van der Waals surface area contributed by atoms with Gasteiger partial charge in [0, 0.05) is 0 Å². The average Bonchev–Trinajstić information content (AvgIpc) is 2.63. The zero-order valence-electron chi connectivity index (χ0n) is 8.64. The summed E-state index contributed by atoms with van der Waals surface area (Å²) in [5.74, 6) is 0.728. The van der Waals surface area contributed by atoms with Gasteiger partial charge >= 0.3 is 0 Å². The van der Waals surface area contributed by atoms with E-state index in [0.717, 1.165) is 5.92 Å². The van der Waals surface area contributed by atoms with Crippen LogP contribution in [0, 0.1) is 0 Å². The molecule has 0 heterocycles. The molecule has 0 fully saturated rings. The molecule has 0 nitrogen and oxygen atoms in total. The molecule has 1 aliphatic rings. The van der Waals surface area contributed by atoms with Crippen LogP contribution in [0.3, 0.4) is 0 Å². The van der Waals surface area contributed by atoms with Gasteiger partial charge in [0.2, 0.25) is 0 Å². The Morgan fingerprint density at radius 3 is 2.77 bits per heavy atom. The molecule has 0 saturated heterocycles. The predicted molar refractivity (Wildman–Crippen MR) is 57.2 cm³/mol. The fraction of sp³-hybridized carbons (Fsp3) is 0.538. The molecule has 1 unspecified atom stereocenters. The predicted octanol–water partition coefficient (Wildman–Crippen LogP) is 3.69. The highest BCUT2D eigenvalue weighted by molar-refractivity contribution is 5.36. The van der Waals surface area contributed by atoms with Gasteiger partial charge in [0.1, 0.15) is 0 Å². The molecule has 2 rings (SSSR count). The third kappa shape index (κ3) is 1.63. The van der Waals surface area contributed by atoms with Gasteiger partial charge in [-0.15, -0.1) is 0 Å². The number of hydrogen-bond acceptors (Lipinski definition) is 0. The maximum atomic E-state index is 2.43. The third-order valence-electron chi connectivity index (χ3n) is 3.30. The molecule has 0 heteroatoms. The van der Waals surface area contributed by atoms with Crippen LogP contribution in [-0.4, -0.2) is 0 Å². The highest BCUT2D eigenvalue weighted by Crippen LogP contribution is 2.27. The molecule has 0 aromatic heterocycles. The van der Waals surface area contributed by atoms with E-state index in [1.54, 1.807) is 11.1 Å². The Balaban J connectivity index is 2.30. The minimum atomic E-state index is 0.728. The molecule has 1 aromatic carbocycles. The van der Waals surface area contributed by atoms with Crippen LogP contribution < -0.4 is 0 Å². The Hall–Kier alpha value is -0.780. The van der Waals surface area contributed by atoms with E-state index < -0.39 is 0 Å². The minimum Gasteiger partial charge on any atom is -0.0648 e. The minimum absolute atomic E-state index is 0.728. The SMILES string of the molecule is CCC(C)c1ccc2c(c1)CCC2. The first-order chi connectivity index (χ1) is 6.31. The number of fused-ring (bicyclic) bond motifs is 1. The van der Waals surface area contributed by atoms with E-state index in [0.29, 0.717) is 0 Å². The second-order valence-electron chi connectivity index (χ2n) is 4.19. The smallest absolute Gasteiger partial charge is 0.0193 e. The van der Waals surface area contributed by atoms with Gasteiger partial charge < -0.3 is 0 Å². The summed E-state index contributed by atoms with van der Waals surface area (Å²) in [4.78, 5) is 0. The Morgan fingerprint density at radius 1 is 1.23 bits per heavy atom. The Labute approximate surface area is 81.0 Å². The van der Waals surface area contributed by atoms with Gasteiger partial charge in [-0.1, -0.05) is 32.0 Å². The van der Waals surface area contributed by atoms with Crippen molar-refractivity contribution in [1.29, 1.82) is 0 Å². The number of rotatable bonds is 2. The molecule has 13 heavy (non-hydrogen) atoms. The van der Waals surface area contributed by atoms with Crippen LogP contribution in [0.1, 0.15) is 49.3 Å². The summed E-state index contributed by atoms with van der Waals surface area (Å²) >= 11 is 0. The molecule has 0 bridgehead atoms. The summed E-state index contributed by atoms with van der Waals surface area (Å²) in [6, 6.07) is 7.08. The molecule has 0 N–H and O–H groups in total. The summed E-state index contributed by atoms with van der Waals surface area (Å²) in [6.45, 7) is 4.58. The van der Waals surface area contributed by atoms with E-state index in [9.17, 15) is 0 Å². The maximum absolute atomic E-state index is 2.43. The Morgan fingerprint density at radius 2 is 2.00 bits per heavy atom. The van der Waals surface area contributed by atoms with Crippen molar-refractivity contribution >= 4 is 0 Å². The van der Waals surface area contributed by atoms with Gasteiger partial charge in [-0.3, -0.25) is 0 Å².